The van der Waals surface area contributed by atoms with Crippen LogP contribution in [0, 0.1) is 19.7 Å². The molecule has 29 heavy (non-hydrogen) atoms. The zero-order chi connectivity index (χ0) is 20.2. The van der Waals surface area contributed by atoms with Gasteiger partial charge in [-0.05, 0) is 71.6 Å². The van der Waals surface area contributed by atoms with Crippen molar-refractivity contribution in [3.8, 4) is 5.75 Å². The predicted molar refractivity (Wildman–Crippen MR) is 118 cm³/mol. The minimum absolute atomic E-state index is 0.263. The van der Waals surface area contributed by atoms with Crippen molar-refractivity contribution < 1.29 is 9.13 Å². The number of hydrogen-bond donors (Lipinski definition) is 0. The highest BCUT2D eigenvalue weighted by Crippen LogP contribution is 2.28. The number of nitrogens with zero attached hydrogens (tertiary/aromatic N) is 1. The van der Waals surface area contributed by atoms with Gasteiger partial charge in [0.05, 0.1) is 5.69 Å². The van der Waals surface area contributed by atoms with E-state index in [0.29, 0.717) is 6.61 Å². The lowest BCUT2D eigenvalue weighted by Gasteiger charge is -2.12. The molecule has 0 spiro atoms. The highest BCUT2D eigenvalue weighted by molar-refractivity contribution is 6.03. The summed E-state index contributed by atoms with van der Waals surface area (Å²) in [5, 5.41) is 2.18. The minimum atomic E-state index is -0.263. The summed E-state index contributed by atoms with van der Waals surface area (Å²) in [6.45, 7) is 4.46. The van der Waals surface area contributed by atoms with Crippen molar-refractivity contribution in [1.29, 1.82) is 0 Å². The van der Waals surface area contributed by atoms with Crippen molar-refractivity contribution in [3.63, 3.8) is 0 Å². The average Bonchev–Trinajstić information content (AvgIpc) is 2.73. The first-order valence-corrected chi connectivity index (χ1v) is 9.60. The first-order chi connectivity index (χ1) is 14.1. The summed E-state index contributed by atoms with van der Waals surface area (Å²) in [6.07, 6.45) is 1.85. The first kappa shape index (κ1) is 18.9. The van der Waals surface area contributed by atoms with Gasteiger partial charge in [0, 0.05) is 11.8 Å². The number of aryl methyl sites for hydroxylation is 2. The number of benzene rings is 4. The summed E-state index contributed by atoms with van der Waals surface area (Å²) < 4.78 is 19.5. The van der Waals surface area contributed by atoms with Crippen LogP contribution in [-0.2, 0) is 6.61 Å². The van der Waals surface area contributed by atoms with Crippen molar-refractivity contribution in [2.24, 2.45) is 4.99 Å². The van der Waals surface area contributed by atoms with Crippen LogP contribution < -0.4 is 4.74 Å². The molecule has 0 amide bonds. The molecule has 0 aromatic heterocycles. The first-order valence-electron chi connectivity index (χ1n) is 9.60. The van der Waals surface area contributed by atoms with Crippen LogP contribution in [0.2, 0.25) is 0 Å². The molecule has 4 aromatic rings. The van der Waals surface area contributed by atoms with E-state index in [1.54, 1.807) is 6.07 Å². The molecule has 3 heteroatoms. The third-order valence-corrected chi connectivity index (χ3v) is 5.05. The minimum Gasteiger partial charge on any atom is -0.488 e. The fourth-order valence-electron chi connectivity index (χ4n) is 3.27. The summed E-state index contributed by atoms with van der Waals surface area (Å²) >= 11 is 0. The smallest absolute Gasteiger partial charge is 0.129 e. The zero-order valence-corrected chi connectivity index (χ0v) is 16.5. The van der Waals surface area contributed by atoms with Gasteiger partial charge >= 0.3 is 0 Å². The van der Waals surface area contributed by atoms with Crippen molar-refractivity contribution in [3.05, 3.63) is 107 Å². The van der Waals surface area contributed by atoms with Gasteiger partial charge in [-0.2, -0.15) is 0 Å². The van der Waals surface area contributed by atoms with Gasteiger partial charge in [-0.3, -0.25) is 4.99 Å². The van der Waals surface area contributed by atoms with Gasteiger partial charge in [0.15, 0.2) is 0 Å². The molecule has 4 rings (SSSR count). The zero-order valence-electron chi connectivity index (χ0n) is 16.5. The SMILES string of the molecule is Cc1ccc(N=Cc2c(OCc3cccc(F)c3)ccc3ccccc23)cc1C. The maximum absolute atomic E-state index is 13.5. The number of aliphatic imine (C=N–C) groups is 1. The molecule has 0 aliphatic rings. The molecule has 0 aliphatic heterocycles. The molecular weight excluding hydrogens is 361 g/mol. The van der Waals surface area contributed by atoms with Crippen LogP contribution in [0.15, 0.2) is 83.9 Å². The monoisotopic (exact) mass is 383 g/mol. The molecule has 0 radical (unpaired) electrons. The van der Waals surface area contributed by atoms with Crippen molar-refractivity contribution in [2.45, 2.75) is 20.5 Å². The Bertz CT molecular complexity index is 1200. The van der Waals surface area contributed by atoms with Crippen molar-refractivity contribution >= 4 is 22.7 Å². The molecule has 0 aliphatic carbocycles. The lowest BCUT2D eigenvalue weighted by atomic mass is 10.0. The third-order valence-electron chi connectivity index (χ3n) is 5.05. The fraction of sp³-hybridized carbons (Fsp3) is 0.115. The van der Waals surface area contributed by atoms with E-state index in [2.05, 4.69) is 38.1 Å². The van der Waals surface area contributed by atoms with E-state index in [4.69, 9.17) is 9.73 Å². The van der Waals surface area contributed by atoms with Crippen LogP contribution >= 0.6 is 0 Å². The van der Waals surface area contributed by atoms with E-state index in [9.17, 15) is 4.39 Å². The number of hydrogen-bond acceptors (Lipinski definition) is 2. The topological polar surface area (TPSA) is 21.6 Å². The second-order valence-electron chi connectivity index (χ2n) is 7.14. The average molecular weight is 383 g/mol. The molecular formula is C26H22FNO. The standard InChI is InChI=1S/C26H22FNO/c1-18-10-12-23(14-19(18)2)28-16-25-24-9-4-3-7-21(24)11-13-26(25)29-17-20-6-5-8-22(27)15-20/h3-16H,17H2,1-2H3. The van der Waals surface area contributed by atoms with Crippen LogP contribution in [0.4, 0.5) is 10.1 Å². The van der Waals surface area contributed by atoms with E-state index in [1.165, 1.54) is 23.3 Å². The Hall–Kier alpha value is -3.46. The van der Waals surface area contributed by atoms with E-state index in [1.807, 2.05) is 42.6 Å². The number of halogens is 1. The molecule has 0 heterocycles. The predicted octanol–water partition coefficient (Wildman–Crippen LogP) is 6.93. The summed E-state index contributed by atoms with van der Waals surface area (Å²) in [6, 6.07) is 24.8. The Kier molecular flexibility index (Phi) is 5.39. The Morgan fingerprint density at radius 3 is 2.55 bits per heavy atom. The van der Waals surface area contributed by atoms with Crippen LogP contribution in [0.25, 0.3) is 10.8 Å². The van der Waals surface area contributed by atoms with Crippen LogP contribution in [0.5, 0.6) is 5.75 Å². The van der Waals surface area contributed by atoms with Gasteiger partial charge in [-0.15, -0.1) is 0 Å². The molecule has 0 unspecified atom stereocenters. The Balaban J connectivity index is 1.70. The second-order valence-corrected chi connectivity index (χ2v) is 7.14. The van der Waals surface area contributed by atoms with Crippen LogP contribution in [0.1, 0.15) is 22.3 Å². The number of ether oxygens (including phenoxy) is 1. The Morgan fingerprint density at radius 1 is 0.862 bits per heavy atom. The fourth-order valence-corrected chi connectivity index (χ4v) is 3.27. The summed E-state index contributed by atoms with van der Waals surface area (Å²) in [5.74, 6) is 0.460. The van der Waals surface area contributed by atoms with E-state index in [-0.39, 0.29) is 5.82 Å². The van der Waals surface area contributed by atoms with E-state index < -0.39 is 0 Å². The molecule has 4 aromatic carbocycles. The van der Waals surface area contributed by atoms with E-state index >= 15 is 0 Å². The third kappa shape index (κ3) is 4.35. The maximum atomic E-state index is 13.5. The van der Waals surface area contributed by atoms with Crippen molar-refractivity contribution in [2.75, 3.05) is 0 Å². The Morgan fingerprint density at radius 2 is 1.72 bits per heavy atom. The van der Waals surface area contributed by atoms with E-state index in [0.717, 1.165) is 33.3 Å². The summed E-state index contributed by atoms with van der Waals surface area (Å²) in [4.78, 5) is 4.69. The molecule has 0 fully saturated rings. The summed E-state index contributed by atoms with van der Waals surface area (Å²) in [5.41, 5.74) is 5.05. The lowest BCUT2D eigenvalue weighted by Crippen LogP contribution is -1.99. The number of fused-ring (bicyclic) bond motifs is 1. The molecule has 0 saturated carbocycles. The lowest BCUT2D eigenvalue weighted by molar-refractivity contribution is 0.305. The normalized spacial score (nSPS) is 11.3. The van der Waals surface area contributed by atoms with Gasteiger partial charge in [0.2, 0.25) is 0 Å². The van der Waals surface area contributed by atoms with Gasteiger partial charge in [-0.25, -0.2) is 4.39 Å². The van der Waals surface area contributed by atoms with Crippen molar-refractivity contribution in [1.82, 2.24) is 0 Å². The van der Waals surface area contributed by atoms with Crippen LogP contribution in [0.3, 0.4) is 0 Å². The Labute approximate surface area is 170 Å². The van der Waals surface area contributed by atoms with Gasteiger partial charge in [0.1, 0.15) is 18.2 Å². The van der Waals surface area contributed by atoms with Gasteiger partial charge in [0.25, 0.3) is 0 Å². The number of rotatable bonds is 5. The van der Waals surface area contributed by atoms with Gasteiger partial charge < -0.3 is 4.74 Å². The molecule has 0 atom stereocenters. The largest absolute Gasteiger partial charge is 0.488 e. The summed E-state index contributed by atoms with van der Waals surface area (Å²) in [7, 11) is 0. The quantitative estimate of drug-likeness (QED) is 0.343. The van der Waals surface area contributed by atoms with Crippen LogP contribution in [-0.4, -0.2) is 6.21 Å². The maximum Gasteiger partial charge on any atom is 0.129 e. The highest BCUT2D eigenvalue weighted by atomic mass is 19.1. The molecule has 0 saturated heterocycles. The highest BCUT2D eigenvalue weighted by Gasteiger charge is 2.08. The second kappa shape index (κ2) is 8.27. The van der Waals surface area contributed by atoms with Gasteiger partial charge in [-0.1, -0.05) is 48.5 Å². The molecule has 0 N–H and O–H groups in total. The molecule has 0 bridgehead atoms. The molecule has 2 nitrogen and oxygen atoms in total. The molecule has 144 valence electrons.